The van der Waals surface area contributed by atoms with Gasteiger partial charge in [-0.1, -0.05) is 6.07 Å². The number of amides is 1. The number of pyridine rings is 1. The average molecular weight is 457 g/mol. The van der Waals surface area contributed by atoms with Crippen molar-refractivity contribution in [2.24, 2.45) is 0 Å². The zero-order valence-electron chi connectivity index (χ0n) is 17.0. The zero-order valence-corrected chi connectivity index (χ0v) is 18.6. The third-order valence-electron chi connectivity index (χ3n) is 5.24. The highest BCUT2D eigenvalue weighted by atomic mass is 32.2. The van der Waals surface area contributed by atoms with Crippen LogP contribution >= 0.6 is 11.3 Å². The maximum Gasteiger partial charge on any atom is 0.253 e. The SMILES string of the molecule is O=C(c1ccc(S(=O)(=O)NCc2cccs2)cc1)N1CCN(Cc2ccncc2)CC1. The van der Waals surface area contributed by atoms with Crippen molar-refractivity contribution in [2.75, 3.05) is 26.2 Å². The predicted octanol–water partition coefficient (Wildman–Crippen LogP) is 2.58. The molecule has 162 valence electrons. The molecule has 4 rings (SSSR count). The van der Waals surface area contributed by atoms with Crippen molar-refractivity contribution in [3.63, 3.8) is 0 Å². The Morgan fingerprint density at radius 1 is 1.00 bits per heavy atom. The van der Waals surface area contributed by atoms with E-state index >= 15 is 0 Å². The fraction of sp³-hybridized carbons (Fsp3) is 0.273. The number of benzene rings is 1. The largest absolute Gasteiger partial charge is 0.336 e. The minimum atomic E-state index is -3.62. The van der Waals surface area contributed by atoms with E-state index in [0.29, 0.717) is 18.7 Å². The summed E-state index contributed by atoms with van der Waals surface area (Å²) in [5.41, 5.74) is 1.71. The first-order chi connectivity index (χ1) is 15.0. The molecule has 0 unspecified atom stereocenters. The topological polar surface area (TPSA) is 82.6 Å². The maximum absolute atomic E-state index is 12.8. The number of nitrogens with one attached hydrogen (secondary N) is 1. The number of hydrogen-bond donors (Lipinski definition) is 1. The van der Waals surface area contributed by atoms with Crippen LogP contribution in [0.4, 0.5) is 0 Å². The van der Waals surface area contributed by atoms with Gasteiger partial charge in [0.15, 0.2) is 0 Å². The lowest BCUT2D eigenvalue weighted by molar-refractivity contribution is 0.0628. The van der Waals surface area contributed by atoms with E-state index in [4.69, 9.17) is 0 Å². The molecule has 1 aliphatic rings. The van der Waals surface area contributed by atoms with Crippen molar-refractivity contribution in [3.05, 3.63) is 82.3 Å². The van der Waals surface area contributed by atoms with Gasteiger partial charge in [-0.15, -0.1) is 11.3 Å². The third kappa shape index (κ3) is 5.56. The molecule has 0 radical (unpaired) electrons. The van der Waals surface area contributed by atoms with Crippen LogP contribution in [0.5, 0.6) is 0 Å². The number of rotatable bonds is 7. The van der Waals surface area contributed by atoms with Crippen LogP contribution in [0.3, 0.4) is 0 Å². The minimum absolute atomic E-state index is 0.0703. The summed E-state index contributed by atoms with van der Waals surface area (Å²) in [7, 11) is -3.62. The van der Waals surface area contributed by atoms with Crippen LogP contribution in [-0.4, -0.2) is 55.3 Å². The summed E-state index contributed by atoms with van der Waals surface area (Å²) in [5, 5.41) is 1.91. The van der Waals surface area contributed by atoms with E-state index in [2.05, 4.69) is 14.6 Å². The lowest BCUT2D eigenvalue weighted by Crippen LogP contribution is -2.48. The van der Waals surface area contributed by atoms with Gasteiger partial charge in [-0.3, -0.25) is 14.7 Å². The van der Waals surface area contributed by atoms with Gasteiger partial charge >= 0.3 is 0 Å². The number of thiophene rings is 1. The molecular weight excluding hydrogens is 432 g/mol. The standard InChI is InChI=1S/C22H24N4O3S2/c27-22(26-13-11-25(12-14-26)17-18-7-9-23-10-8-18)19-3-5-21(6-4-19)31(28,29)24-16-20-2-1-15-30-20/h1-10,15,24H,11-14,16-17H2. The molecular formula is C22H24N4O3S2. The average Bonchev–Trinajstić information content (AvgIpc) is 3.33. The van der Waals surface area contributed by atoms with Crippen molar-refractivity contribution in [1.82, 2.24) is 19.5 Å². The second kappa shape index (κ2) is 9.69. The Balaban J connectivity index is 1.32. The van der Waals surface area contributed by atoms with Crippen LogP contribution in [0.25, 0.3) is 0 Å². The molecule has 1 saturated heterocycles. The van der Waals surface area contributed by atoms with E-state index in [-0.39, 0.29) is 17.3 Å². The summed E-state index contributed by atoms with van der Waals surface area (Å²) < 4.78 is 27.6. The van der Waals surface area contributed by atoms with Gasteiger partial charge in [-0.05, 0) is 53.4 Å². The Morgan fingerprint density at radius 2 is 1.71 bits per heavy atom. The molecule has 31 heavy (non-hydrogen) atoms. The lowest BCUT2D eigenvalue weighted by Gasteiger charge is -2.34. The summed E-state index contributed by atoms with van der Waals surface area (Å²) in [4.78, 5) is 22.1. The summed E-state index contributed by atoms with van der Waals surface area (Å²) in [6, 6.07) is 13.9. The monoisotopic (exact) mass is 456 g/mol. The Bertz CT molecular complexity index is 1090. The van der Waals surface area contributed by atoms with Gasteiger partial charge in [-0.2, -0.15) is 0 Å². The number of nitrogens with zero attached hydrogens (tertiary/aromatic N) is 3. The first-order valence-electron chi connectivity index (χ1n) is 10.0. The molecule has 1 fully saturated rings. The lowest BCUT2D eigenvalue weighted by atomic mass is 10.1. The van der Waals surface area contributed by atoms with Crippen LogP contribution in [0.15, 0.2) is 71.2 Å². The normalized spacial score (nSPS) is 15.2. The number of carbonyl (C=O) groups is 1. The number of sulfonamides is 1. The van der Waals surface area contributed by atoms with Crippen LogP contribution in [0.2, 0.25) is 0 Å². The van der Waals surface area contributed by atoms with Crippen molar-refractivity contribution in [1.29, 1.82) is 0 Å². The van der Waals surface area contributed by atoms with Crippen LogP contribution < -0.4 is 4.72 Å². The van der Waals surface area contributed by atoms with Gasteiger partial charge < -0.3 is 4.90 Å². The fourth-order valence-electron chi connectivity index (χ4n) is 3.48. The maximum atomic E-state index is 12.8. The van der Waals surface area contributed by atoms with Gasteiger partial charge in [0.25, 0.3) is 5.91 Å². The van der Waals surface area contributed by atoms with Crippen LogP contribution in [0.1, 0.15) is 20.8 Å². The summed E-state index contributed by atoms with van der Waals surface area (Å²) in [6.45, 7) is 3.99. The van der Waals surface area contributed by atoms with Crippen molar-refractivity contribution in [3.8, 4) is 0 Å². The zero-order chi connectivity index (χ0) is 21.7. The summed E-state index contributed by atoms with van der Waals surface area (Å²) in [6.07, 6.45) is 3.58. The van der Waals surface area contributed by atoms with E-state index in [0.717, 1.165) is 24.5 Å². The highest BCUT2D eigenvalue weighted by Gasteiger charge is 2.23. The molecule has 0 saturated carbocycles. The molecule has 1 aliphatic heterocycles. The molecule has 1 aromatic carbocycles. The molecule has 0 spiro atoms. The third-order valence-corrected chi connectivity index (χ3v) is 7.54. The molecule has 1 N–H and O–H groups in total. The minimum Gasteiger partial charge on any atom is -0.336 e. The fourth-order valence-corrected chi connectivity index (χ4v) is 5.22. The predicted molar refractivity (Wildman–Crippen MR) is 120 cm³/mol. The molecule has 3 heterocycles. The second-order valence-corrected chi connectivity index (χ2v) is 10.2. The quantitative estimate of drug-likeness (QED) is 0.591. The molecule has 0 bridgehead atoms. The number of piperazine rings is 1. The van der Waals surface area contributed by atoms with E-state index in [1.807, 2.05) is 34.5 Å². The smallest absolute Gasteiger partial charge is 0.253 e. The number of hydrogen-bond acceptors (Lipinski definition) is 6. The van der Waals surface area contributed by atoms with E-state index < -0.39 is 10.0 Å². The molecule has 9 heteroatoms. The van der Waals surface area contributed by atoms with E-state index in [1.54, 1.807) is 24.5 Å². The van der Waals surface area contributed by atoms with Crippen molar-refractivity contribution in [2.45, 2.75) is 18.0 Å². The van der Waals surface area contributed by atoms with Gasteiger partial charge in [-0.25, -0.2) is 13.1 Å². The molecule has 0 aliphatic carbocycles. The van der Waals surface area contributed by atoms with Gasteiger partial charge in [0.2, 0.25) is 10.0 Å². The van der Waals surface area contributed by atoms with E-state index in [1.165, 1.54) is 29.0 Å². The van der Waals surface area contributed by atoms with Crippen molar-refractivity contribution < 1.29 is 13.2 Å². The van der Waals surface area contributed by atoms with E-state index in [9.17, 15) is 13.2 Å². The van der Waals surface area contributed by atoms with Gasteiger partial charge in [0.05, 0.1) is 4.90 Å². The Morgan fingerprint density at radius 3 is 2.35 bits per heavy atom. The molecule has 1 amide bonds. The Labute approximate surface area is 186 Å². The Kier molecular flexibility index (Phi) is 6.77. The summed E-state index contributed by atoms with van der Waals surface area (Å²) >= 11 is 1.50. The highest BCUT2D eigenvalue weighted by molar-refractivity contribution is 7.89. The summed E-state index contributed by atoms with van der Waals surface area (Å²) in [5.74, 6) is -0.0703. The molecule has 3 aromatic rings. The first-order valence-corrected chi connectivity index (χ1v) is 12.4. The van der Waals surface area contributed by atoms with Crippen molar-refractivity contribution >= 4 is 27.3 Å². The molecule has 2 aromatic heterocycles. The van der Waals surface area contributed by atoms with Gasteiger partial charge in [0.1, 0.15) is 0 Å². The molecule has 7 nitrogen and oxygen atoms in total. The highest BCUT2D eigenvalue weighted by Crippen LogP contribution is 2.16. The second-order valence-electron chi connectivity index (χ2n) is 7.35. The van der Waals surface area contributed by atoms with Gasteiger partial charge in [0, 0.05) is 62.1 Å². The molecule has 0 atom stereocenters. The van der Waals surface area contributed by atoms with Crippen LogP contribution in [-0.2, 0) is 23.1 Å². The first kappa shape index (κ1) is 21.6. The number of carbonyl (C=O) groups excluding carboxylic acids is 1. The number of aromatic nitrogens is 1. The van der Waals surface area contributed by atoms with Crippen LogP contribution in [0, 0.1) is 0 Å². The Hall–Kier alpha value is -2.59.